The second-order valence-electron chi connectivity index (χ2n) is 9.70. The van der Waals surface area contributed by atoms with E-state index < -0.39 is 0 Å². The highest BCUT2D eigenvalue weighted by Gasteiger charge is 2.36. The molecule has 0 N–H and O–H groups in total. The van der Waals surface area contributed by atoms with E-state index in [9.17, 15) is 0 Å². The quantitative estimate of drug-likeness (QED) is 0.358. The van der Waals surface area contributed by atoms with Crippen molar-refractivity contribution in [3.05, 3.63) is 82.4 Å². The molecule has 3 aromatic carbocycles. The molecule has 1 aliphatic rings. The molecular formula is C31H42S. The Morgan fingerprint density at radius 2 is 1.28 bits per heavy atom. The number of fused-ring (bicyclic) bond motifs is 2. The highest BCUT2D eigenvalue weighted by atomic mass is 32.2. The Bertz CT molecular complexity index is 1050. The lowest BCUT2D eigenvalue weighted by molar-refractivity contribution is 0.572. The fourth-order valence-electron chi connectivity index (χ4n) is 4.27. The van der Waals surface area contributed by atoms with Crippen LogP contribution in [0.4, 0.5) is 0 Å². The van der Waals surface area contributed by atoms with Crippen molar-refractivity contribution < 1.29 is 0 Å². The fraction of sp³-hybridized carbons (Fsp3) is 0.419. The maximum atomic E-state index is 2.47. The van der Waals surface area contributed by atoms with Crippen molar-refractivity contribution in [2.75, 3.05) is 0 Å². The molecule has 0 atom stereocenters. The zero-order valence-electron chi connectivity index (χ0n) is 22.1. The first-order valence-corrected chi connectivity index (χ1v) is 12.9. The normalized spacial score (nSPS) is 13.6. The molecular weight excluding hydrogens is 404 g/mol. The molecule has 172 valence electrons. The van der Waals surface area contributed by atoms with Crippen LogP contribution in [-0.4, -0.2) is 0 Å². The van der Waals surface area contributed by atoms with Gasteiger partial charge >= 0.3 is 0 Å². The van der Waals surface area contributed by atoms with Crippen LogP contribution in [-0.2, 0) is 10.8 Å². The van der Waals surface area contributed by atoms with Crippen molar-refractivity contribution in [3.63, 3.8) is 0 Å². The Balaban J connectivity index is 0.000000860. The van der Waals surface area contributed by atoms with Gasteiger partial charge in [-0.15, -0.1) is 0 Å². The van der Waals surface area contributed by atoms with Gasteiger partial charge in [0, 0.05) is 15.2 Å². The average Bonchev–Trinajstić information content (AvgIpc) is 2.77. The monoisotopic (exact) mass is 446 g/mol. The van der Waals surface area contributed by atoms with Crippen molar-refractivity contribution in [3.8, 4) is 11.1 Å². The standard InChI is InChI=1S/C27H30S.2C2H6/c1-17-13-18(2)24-22(14-17)27(6,7)23-16-20(26(3,4)5)15-21(25(23)28-24)19-11-9-8-10-12-19;2*1-2/h8-16H,1-7H3;2*1-2H3. The van der Waals surface area contributed by atoms with E-state index in [2.05, 4.69) is 103 Å². The summed E-state index contributed by atoms with van der Waals surface area (Å²) in [7, 11) is 0. The van der Waals surface area contributed by atoms with Crippen LogP contribution in [0.15, 0.2) is 64.4 Å². The molecule has 0 aromatic heterocycles. The van der Waals surface area contributed by atoms with E-state index in [-0.39, 0.29) is 10.8 Å². The molecule has 1 aliphatic heterocycles. The molecule has 0 unspecified atom stereocenters. The molecule has 1 heterocycles. The van der Waals surface area contributed by atoms with E-state index in [1.54, 1.807) is 0 Å². The van der Waals surface area contributed by atoms with Crippen LogP contribution in [0.1, 0.15) is 90.1 Å². The summed E-state index contributed by atoms with van der Waals surface area (Å²) in [5.41, 5.74) is 9.84. The van der Waals surface area contributed by atoms with Gasteiger partial charge in [0.1, 0.15) is 0 Å². The summed E-state index contributed by atoms with van der Waals surface area (Å²) in [6.07, 6.45) is 0. The number of benzene rings is 3. The first-order valence-electron chi connectivity index (χ1n) is 12.1. The fourth-order valence-corrected chi connectivity index (χ4v) is 5.83. The largest absolute Gasteiger partial charge is 0.0885 e. The molecule has 0 saturated carbocycles. The zero-order chi connectivity index (χ0) is 24.3. The predicted molar refractivity (Wildman–Crippen MR) is 145 cm³/mol. The van der Waals surface area contributed by atoms with Gasteiger partial charge in [-0.2, -0.15) is 0 Å². The number of hydrogen-bond donors (Lipinski definition) is 0. The SMILES string of the molecule is CC.CC.Cc1cc(C)c2c(c1)C(C)(C)c1cc(C(C)(C)C)cc(-c3ccccc3)c1S2. The molecule has 0 amide bonds. The van der Waals surface area contributed by atoms with Gasteiger partial charge in [-0.25, -0.2) is 0 Å². The van der Waals surface area contributed by atoms with Gasteiger partial charge in [0.15, 0.2) is 0 Å². The molecule has 3 aromatic rings. The summed E-state index contributed by atoms with van der Waals surface area (Å²) in [6, 6.07) is 20.5. The van der Waals surface area contributed by atoms with Crippen LogP contribution in [0.5, 0.6) is 0 Å². The maximum absolute atomic E-state index is 2.47. The Labute approximate surface area is 201 Å². The third kappa shape index (κ3) is 4.99. The number of rotatable bonds is 1. The van der Waals surface area contributed by atoms with Crippen LogP contribution < -0.4 is 0 Å². The lowest BCUT2D eigenvalue weighted by atomic mass is 9.73. The first-order chi connectivity index (χ1) is 15.1. The Kier molecular flexibility index (Phi) is 8.45. The van der Waals surface area contributed by atoms with Crippen molar-refractivity contribution in [2.24, 2.45) is 0 Å². The minimum atomic E-state index is -0.0164. The topological polar surface area (TPSA) is 0 Å². The molecule has 0 saturated heterocycles. The maximum Gasteiger partial charge on any atom is 0.0242 e. The van der Waals surface area contributed by atoms with Gasteiger partial charge in [-0.1, -0.05) is 128 Å². The van der Waals surface area contributed by atoms with E-state index >= 15 is 0 Å². The lowest BCUT2D eigenvalue weighted by Gasteiger charge is -2.38. The van der Waals surface area contributed by atoms with Crippen LogP contribution >= 0.6 is 11.8 Å². The van der Waals surface area contributed by atoms with E-state index in [4.69, 9.17) is 0 Å². The molecule has 0 nitrogen and oxygen atoms in total. The van der Waals surface area contributed by atoms with Crippen LogP contribution in [0.3, 0.4) is 0 Å². The molecule has 1 heteroatoms. The molecule has 4 rings (SSSR count). The second-order valence-corrected chi connectivity index (χ2v) is 10.7. The van der Waals surface area contributed by atoms with Crippen molar-refractivity contribution in [2.45, 2.75) is 96.8 Å². The van der Waals surface area contributed by atoms with Gasteiger partial charge < -0.3 is 0 Å². The van der Waals surface area contributed by atoms with Crippen molar-refractivity contribution >= 4 is 11.8 Å². The lowest BCUT2D eigenvalue weighted by Crippen LogP contribution is -2.26. The predicted octanol–water partition coefficient (Wildman–Crippen LogP) is 10.1. The summed E-state index contributed by atoms with van der Waals surface area (Å²) in [6.45, 7) is 24.2. The van der Waals surface area contributed by atoms with Crippen LogP contribution in [0.25, 0.3) is 11.1 Å². The molecule has 32 heavy (non-hydrogen) atoms. The Hall–Kier alpha value is -1.99. The molecule has 0 fully saturated rings. The van der Waals surface area contributed by atoms with E-state index in [0.29, 0.717) is 0 Å². The summed E-state index contributed by atoms with van der Waals surface area (Å²) >= 11 is 1.96. The molecule has 0 bridgehead atoms. The smallest absolute Gasteiger partial charge is 0.0242 e. The van der Waals surface area contributed by atoms with Gasteiger partial charge in [0.2, 0.25) is 0 Å². The Morgan fingerprint density at radius 3 is 1.84 bits per heavy atom. The minimum Gasteiger partial charge on any atom is -0.0885 e. The van der Waals surface area contributed by atoms with E-state index in [1.807, 2.05) is 39.5 Å². The van der Waals surface area contributed by atoms with Crippen molar-refractivity contribution in [1.82, 2.24) is 0 Å². The average molecular weight is 447 g/mol. The second kappa shape index (κ2) is 10.3. The number of hydrogen-bond acceptors (Lipinski definition) is 1. The third-order valence-electron chi connectivity index (χ3n) is 6.01. The minimum absolute atomic E-state index is 0.0164. The molecule has 0 aliphatic carbocycles. The van der Waals surface area contributed by atoms with E-state index in [1.165, 1.54) is 48.7 Å². The van der Waals surface area contributed by atoms with Crippen molar-refractivity contribution in [1.29, 1.82) is 0 Å². The summed E-state index contributed by atoms with van der Waals surface area (Å²) in [5.74, 6) is 0. The van der Waals surface area contributed by atoms with Crippen LogP contribution in [0, 0.1) is 13.8 Å². The van der Waals surface area contributed by atoms with E-state index in [0.717, 1.165) is 0 Å². The number of aryl methyl sites for hydroxylation is 2. The van der Waals surface area contributed by atoms with Gasteiger partial charge in [-0.3, -0.25) is 0 Å². The summed E-state index contributed by atoms with van der Waals surface area (Å²) in [4.78, 5) is 2.85. The first kappa shape index (κ1) is 26.3. The third-order valence-corrected chi connectivity index (χ3v) is 7.40. The highest BCUT2D eigenvalue weighted by molar-refractivity contribution is 7.99. The highest BCUT2D eigenvalue weighted by Crippen LogP contribution is 2.54. The molecule has 0 spiro atoms. The van der Waals surface area contributed by atoms with Gasteiger partial charge in [0.25, 0.3) is 0 Å². The molecule has 0 radical (unpaired) electrons. The zero-order valence-corrected chi connectivity index (χ0v) is 22.9. The van der Waals surface area contributed by atoms with Gasteiger partial charge in [0.05, 0.1) is 0 Å². The summed E-state index contributed by atoms with van der Waals surface area (Å²) in [5, 5.41) is 0. The summed E-state index contributed by atoms with van der Waals surface area (Å²) < 4.78 is 0. The Morgan fingerprint density at radius 1 is 0.719 bits per heavy atom. The van der Waals surface area contributed by atoms with Gasteiger partial charge in [-0.05, 0) is 58.7 Å². The van der Waals surface area contributed by atoms with Crippen LogP contribution in [0.2, 0.25) is 0 Å².